The molecule has 7 heteroatoms. The average Bonchev–Trinajstić information content (AvgIpc) is 3.01. The minimum Gasteiger partial charge on any atom is -0.255 e. The maximum Gasteiger partial charge on any atom is 0.0886 e. The van der Waals surface area contributed by atoms with Crippen molar-refractivity contribution in [3.05, 3.63) is 146 Å². The first kappa shape index (κ1) is 27.2. The van der Waals surface area contributed by atoms with E-state index in [0.717, 1.165) is 34.2 Å². The summed E-state index contributed by atoms with van der Waals surface area (Å²) in [4.78, 5) is 25.1. The van der Waals surface area contributed by atoms with E-state index in [1.807, 2.05) is 109 Å². The van der Waals surface area contributed by atoms with Crippen LogP contribution in [0.15, 0.2) is 146 Å². The molecule has 0 amide bonds. The zero-order valence-electron chi connectivity index (χ0n) is 19.9. The Morgan fingerprint density at radius 2 is 0.405 bits per heavy atom. The third kappa shape index (κ3) is 8.95. The summed E-state index contributed by atoms with van der Waals surface area (Å²) in [6.07, 6.45) is 10.6. The van der Waals surface area contributed by atoms with Gasteiger partial charge < -0.3 is 0 Å². The van der Waals surface area contributed by atoms with Crippen LogP contribution in [0, 0.1) is 0 Å². The third-order valence-corrected chi connectivity index (χ3v) is 4.78. The molecule has 0 saturated heterocycles. The molecule has 0 N–H and O–H groups in total. The maximum absolute atomic E-state index is 4.19. The molecule has 0 aromatic carbocycles. The monoisotopic (exact) mass is 566 g/mol. The smallest absolute Gasteiger partial charge is 0.0886 e. The fourth-order valence-electron chi connectivity index (χ4n) is 3.09. The topological polar surface area (TPSA) is 77.3 Å². The zero-order valence-corrected chi connectivity index (χ0v) is 22.0. The van der Waals surface area contributed by atoms with Gasteiger partial charge in [-0.25, -0.2) is 0 Å². The molecule has 180 valence electrons. The summed E-state index contributed by atoms with van der Waals surface area (Å²) in [5.41, 5.74) is 5.49. The van der Waals surface area contributed by atoms with Crippen LogP contribution in [0.3, 0.4) is 0 Å². The van der Waals surface area contributed by atoms with Crippen molar-refractivity contribution in [3.8, 4) is 34.2 Å². The van der Waals surface area contributed by atoms with E-state index in [2.05, 4.69) is 29.9 Å². The van der Waals surface area contributed by atoms with Gasteiger partial charge in [0, 0.05) is 58.2 Å². The standard InChI is InChI=1S/3C10H8N2.Mo/c3*1-3-7-11-9(5-1)10-6-2-4-8-12-10;/h3*1-8H;. The first-order valence-electron chi connectivity index (χ1n) is 11.4. The van der Waals surface area contributed by atoms with Crippen molar-refractivity contribution in [3.63, 3.8) is 0 Å². The Hall–Kier alpha value is -4.41. The van der Waals surface area contributed by atoms with Gasteiger partial charge in [0.25, 0.3) is 0 Å². The fourth-order valence-corrected chi connectivity index (χ4v) is 3.09. The van der Waals surface area contributed by atoms with Crippen LogP contribution in [-0.2, 0) is 21.1 Å². The van der Waals surface area contributed by atoms with Crippen molar-refractivity contribution >= 4 is 0 Å². The van der Waals surface area contributed by atoms with Gasteiger partial charge in [0.2, 0.25) is 0 Å². The van der Waals surface area contributed by atoms with Gasteiger partial charge in [-0.2, -0.15) is 0 Å². The molecule has 37 heavy (non-hydrogen) atoms. The van der Waals surface area contributed by atoms with Gasteiger partial charge in [-0.15, -0.1) is 0 Å². The Labute approximate surface area is 230 Å². The Morgan fingerprint density at radius 3 is 0.514 bits per heavy atom. The van der Waals surface area contributed by atoms with Gasteiger partial charge in [-0.3, -0.25) is 29.9 Å². The molecule has 0 radical (unpaired) electrons. The Bertz CT molecular complexity index is 1100. The zero-order chi connectivity index (χ0) is 24.7. The normalized spacial score (nSPS) is 9.41. The largest absolute Gasteiger partial charge is 0.255 e. The van der Waals surface area contributed by atoms with Crippen LogP contribution in [-0.4, -0.2) is 29.9 Å². The minimum atomic E-state index is 0. The maximum atomic E-state index is 4.19. The van der Waals surface area contributed by atoms with E-state index in [1.54, 1.807) is 37.2 Å². The van der Waals surface area contributed by atoms with Crippen LogP contribution in [0.2, 0.25) is 0 Å². The minimum absolute atomic E-state index is 0. The predicted octanol–water partition coefficient (Wildman–Crippen LogP) is 6.43. The van der Waals surface area contributed by atoms with E-state index < -0.39 is 0 Å². The SMILES string of the molecule is [Mo].c1ccc(-c2ccccn2)nc1.c1ccc(-c2ccccn2)nc1.c1ccc(-c2ccccn2)nc1. The van der Waals surface area contributed by atoms with Crippen molar-refractivity contribution in [2.75, 3.05) is 0 Å². The predicted molar refractivity (Wildman–Crippen MR) is 142 cm³/mol. The summed E-state index contributed by atoms with van der Waals surface area (Å²) < 4.78 is 0. The first-order valence-corrected chi connectivity index (χ1v) is 11.4. The summed E-state index contributed by atoms with van der Waals surface area (Å²) in [7, 11) is 0. The summed E-state index contributed by atoms with van der Waals surface area (Å²) in [5.74, 6) is 0. The number of pyridine rings is 6. The molecule has 6 heterocycles. The van der Waals surface area contributed by atoms with Crippen LogP contribution in [0.1, 0.15) is 0 Å². The Balaban J connectivity index is 0.000000152. The van der Waals surface area contributed by atoms with Crippen LogP contribution < -0.4 is 0 Å². The molecular formula is C30H24MoN6. The molecular weight excluding hydrogens is 540 g/mol. The number of aromatic nitrogens is 6. The molecule has 0 atom stereocenters. The molecule has 0 aliphatic rings. The van der Waals surface area contributed by atoms with Crippen LogP contribution in [0.4, 0.5) is 0 Å². The van der Waals surface area contributed by atoms with E-state index in [4.69, 9.17) is 0 Å². The molecule has 0 aliphatic heterocycles. The third-order valence-electron chi connectivity index (χ3n) is 4.78. The van der Waals surface area contributed by atoms with Gasteiger partial charge in [0.1, 0.15) is 0 Å². The molecule has 0 unspecified atom stereocenters. The first-order chi connectivity index (χ1) is 17.9. The molecule has 6 aromatic heterocycles. The second-order valence-electron chi connectivity index (χ2n) is 7.29. The van der Waals surface area contributed by atoms with Crippen LogP contribution in [0.25, 0.3) is 34.2 Å². The molecule has 0 spiro atoms. The van der Waals surface area contributed by atoms with E-state index in [-0.39, 0.29) is 21.1 Å². The van der Waals surface area contributed by atoms with Crippen molar-refractivity contribution in [2.45, 2.75) is 0 Å². The molecule has 6 aromatic rings. The number of hydrogen-bond acceptors (Lipinski definition) is 6. The quantitative estimate of drug-likeness (QED) is 0.231. The van der Waals surface area contributed by atoms with Crippen LogP contribution in [0.5, 0.6) is 0 Å². The van der Waals surface area contributed by atoms with Gasteiger partial charge in [-0.1, -0.05) is 36.4 Å². The molecule has 0 fully saturated rings. The number of rotatable bonds is 3. The molecule has 0 saturated carbocycles. The van der Waals surface area contributed by atoms with Crippen molar-refractivity contribution in [1.82, 2.24) is 29.9 Å². The summed E-state index contributed by atoms with van der Waals surface area (Å²) in [5, 5.41) is 0. The molecule has 0 bridgehead atoms. The Morgan fingerprint density at radius 1 is 0.243 bits per heavy atom. The van der Waals surface area contributed by atoms with Crippen molar-refractivity contribution < 1.29 is 21.1 Å². The van der Waals surface area contributed by atoms with Crippen molar-refractivity contribution in [2.24, 2.45) is 0 Å². The van der Waals surface area contributed by atoms with E-state index >= 15 is 0 Å². The number of hydrogen-bond donors (Lipinski definition) is 0. The number of nitrogens with zero attached hydrogens (tertiary/aromatic N) is 6. The van der Waals surface area contributed by atoms with E-state index in [1.165, 1.54) is 0 Å². The van der Waals surface area contributed by atoms with Gasteiger partial charge in [-0.05, 0) is 72.8 Å². The molecule has 6 rings (SSSR count). The Kier molecular flexibility index (Phi) is 11.4. The molecule has 0 aliphatic carbocycles. The van der Waals surface area contributed by atoms with Gasteiger partial charge >= 0.3 is 0 Å². The summed E-state index contributed by atoms with van der Waals surface area (Å²) in [6, 6.07) is 34.8. The summed E-state index contributed by atoms with van der Waals surface area (Å²) >= 11 is 0. The average molecular weight is 565 g/mol. The van der Waals surface area contributed by atoms with E-state index in [0.29, 0.717) is 0 Å². The van der Waals surface area contributed by atoms with Crippen molar-refractivity contribution in [1.29, 1.82) is 0 Å². The van der Waals surface area contributed by atoms with Gasteiger partial charge in [0.05, 0.1) is 34.2 Å². The van der Waals surface area contributed by atoms with E-state index in [9.17, 15) is 0 Å². The second-order valence-corrected chi connectivity index (χ2v) is 7.29. The van der Waals surface area contributed by atoms with Crippen LogP contribution >= 0.6 is 0 Å². The molecule has 6 nitrogen and oxygen atoms in total. The van der Waals surface area contributed by atoms with Gasteiger partial charge in [0.15, 0.2) is 0 Å². The fraction of sp³-hybridized carbons (Fsp3) is 0. The summed E-state index contributed by atoms with van der Waals surface area (Å²) in [6.45, 7) is 0. The second kappa shape index (κ2) is 15.6.